The van der Waals surface area contributed by atoms with Crippen molar-refractivity contribution in [1.29, 1.82) is 0 Å². The van der Waals surface area contributed by atoms with E-state index in [1.807, 2.05) is 52.8 Å². The Labute approximate surface area is 143 Å². The van der Waals surface area contributed by atoms with Crippen molar-refractivity contribution in [1.82, 2.24) is 20.8 Å². The summed E-state index contributed by atoms with van der Waals surface area (Å²) in [6, 6.07) is 7.48. The second kappa shape index (κ2) is 7.57. The lowest BCUT2D eigenvalue weighted by Gasteiger charge is -2.14. The van der Waals surface area contributed by atoms with E-state index < -0.39 is 0 Å². The van der Waals surface area contributed by atoms with Crippen LogP contribution in [0.5, 0.6) is 0 Å². The van der Waals surface area contributed by atoms with Crippen LogP contribution in [0.4, 0.5) is 0 Å². The van der Waals surface area contributed by atoms with Crippen molar-refractivity contribution < 1.29 is 9.32 Å². The molecule has 0 fully saturated rings. The summed E-state index contributed by atoms with van der Waals surface area (Å²) in [6.45, 7) is 11.5. The van der Waals surface area contributed by atoms with Crippen LogP contribution < -0.4 is 10.6 Å². The minimum Gasteiger partial charge on any atom is -0.350 e. The van der Waals surface area contributed by atoms with Crippen LogP contribution in [0.2, 0.25) is 0 Å². The second-order valence-electron chi connectivity index (χ2n) is 6.89. The fraction of sp³-hybridized carbons (Fsp3) is 0.500. The third kappa shape index (κ3) is 4.41. The minimum absolute atomic E-state index is 0.147. The number of hydrogen-bond acceptors (Lipinski definition) is 5. The maximum atomic E-state index is 12.5. The van der Waals surface area contributed by atoms with Crippen LogP contribution >= 0.6 is 0 Å². The zero-order valence-electron chi connectivity index (χ0n) is 15.0. The van der Waals surface area contributed by atoms with Gasteiger partial charge in [0.1, 0.15) is 0 Å². The largest absolute Gasteiger partial charge is 0.350 e. The number of benzene rings is 1. The lowest BCUT2D eigenvalue weighted by Crippen LogP contribution is -2.38. The van der Waals surface area contributed by atoms with Gasteiger partial charge < -0.3 is 15.2 Å². The van der Waals surface area contributed by atoms with Crippen molar-refractivity contribution in [3.63, 3.8) is 0 Å². The molecule has 1 aromatic carbocycles. The van der Waals surface area contributed by atoms with E-state index in [0.717, 1.165) is 6.54 Å². The van der Waals surface area contributed by atoms with Gasteiger partial charge >= 0.3 is 0 Å². The van der Waals surface area contributed by atoms with Crippen molar-refractivity contribution in [2.45, 2.75) is 46.1 Å². The quantitative estimate of drug-likeness (QED) is 0.851. The summed E-state index contributed by atoms with van der Waals surface area (Å²) >= 11 is 0. The van der Waals surface area contributed by atoms with Crippen molar-refractivity contribution in [2.24, 2.45) is 0 Å². The number of hydrogen-bond donors (Lipinski definition) is 2. The summed E-state index contributed by atoms with van der Waals surface area (Å²) in [7, 11) is 0. The zero-order chi connectivity index (χ0) is 17.7. The van der Waals surface area contributed by atoms with Crippen molar-refractivity contribution in [3.8, 4) is 11.5 Å². The van der Waals surface area contributed by atoms with Gasteiger partial charge in [-0.05, 0) is 25.6 Å². The van der Waals surface area contributed by atoms with Gasteiger partial charge in [0.25, 0.3) is 11.8 Å². The Morgan fingerprint density at radius 3 is 2.62 bits per heavy atom. The topological polar surface area (TPSA) is 80.0 Å². The third-order valence-corrected chi connectivity index (χ3v) is 3.62. The molecule has 24 heavy (non-hydrogen) atoms. The number of nitrogens with zero attached hydrogens (tertiary/aromatic N) is 2. The summed E-state index contributed by atoms with van der Waals surface area (Å²) in [5, 5.41) is 10.2. The summed E-state index contributed by atoms with van der Waals surface area (Å²) in [4.78, 5) is 17.0. The summed E-state index contributed by atoms with van der Waals surface area (Å²) in [6.07, 6.45) is 0. The van der Waals surface area contributed by atoms with Crippen molar-refractivity contribution in [3.05, 3.63) is 35.7 Å². The van der Waals surface area contributed by atoms with E-state index in [0.29, 0.717) is 29.4 Å². The molecule has 1 aromatic heterocycles. The van der Waals surface area contributed by atoms with E-state index in [-0.39, 0.29) is 17.4 Å². The van der Waals surface area contributed by atoms with Gasteiger partial charge in [-0.25, -0.2) is 0 Å². The molecule has 0 saturated carbocycles. The molecule has 2 aromatic rings. The van der Waals surface area contributed by atoms with Gasteiger partial charge in [-0.2, -0.15) is 4.98 Å². The lowest BCUT2D eigenvalue weighted by atomic mass is 9.96. The van der Waals surface area contributed by atoms with E-state index in [4.69, 9.17) is 4.52 Å². The molecule has 2 N–H and O–H groups in total. The summed E-state index contributed by atoms with van der Waals surface area (Å²) in [5.74, 6) is 0.838. The molecule has 6 nitrogen and oxygen atoms in total. The molecular weight excluding hydrogens is 304 g/mol. The number of nitrogens with one attached hydrogen (secondary N) is 2. The van der Waals surface area contributed by atoms with E-state index in [1.54, 1.807) is 6.07 Å². The van der Waals surface area contributed by atoms with Gasteiger partial charge in [-0.1, -0.05) is 45.0 Å². The number of likely N-dealkylation sites (N-methyl/N-ethyl adjacent to an activating group) is 1. The Kier molecular flexibility index (Phi) is 5.72. The number of aromatic nitrogens is 2. The van der Waals surface area contributed by atoms with Gasteiger partial charge in [-0.3, -0.25) is 4.79 Å². The number of carbonyl (C=O) groups excluding carboxylic acids is 1. The summed E-state index contributed by atoms with van der Waals surface area (Å²) in [5.41, 5.74) is 0.972. The molecule has 1 atom stereocenters. The highest BCUT2D eigenvalue weighted by atomic mass is 16.5. The van der Waals surface area contributed by atoms with E-state index in [2.05, 4.69) is 20.8 Å². The van der Waals surface area contributed by atoms with Crippen molar-refractivity contribution in [2.75, 3.05) is 13.1 Å². The standard InChI is InChI=1S/C18H26N4O2/c1-6-19-12(2)11-20-15(23)13-9-7-8-10-14(13)16-21-17(22-24-16)18(3,4)5/h7-10,12,19H,6,11H2,1-5H3,(H,20,23)/t12-/m1/s1. The van der Waals surface area contributed by atoms with Crippen LogP contribution in [-0.4, -0.2) is 35.2 Å². The molecule has 130 valence electrons. The van der Waals surface area contributed by atoms with E-state index in [9.17, 15) is 4.79 Å². The predicted molar refractivity (Wildman–Crippen MR) is 93.9 cm³/mol. The number of carbonyl (C=O) groups is 1. The van der Waals surface area contributed by atoms with Gasteiger partial charge in [0.05, 0.1) is 11.1 Å². The smallest absolute Gasteiger partial charge is 0.258 e. The molecule has 0 aliphatic heterocycles. The maximum absolute atomic E-state index is 12.5. The summed E-state index contributed by atoms with van der Waals surface area (Å²) < 4.78 is 5.38. The molecule has 0 radical (unpaired) electrons. The first kappa shape index (κ1) is 18.1. The van der Waals surface area contributed by atoms with Gasteiger partial charge in [-0.15, -0.1) is 0 Å². The first-order chi connectivity index (χ1) is 11.3. The Bertz CT molecular complexity index is 688. The molecule has 0 spiro atoms. The number of rotatable bonds is 6. The van der Waals surface area contributed by atoms with Gasteiger partial charge in [0.15, 0.2) is 5.82 Å². The fourth-order valence-electron chi connectivity index (χ4n) is 2.27. The molecule has 2 rings (SSSR count). The van der Waals surface area contributed by atoms with Gasteiger partial charge in [0.2, 0.25) is 0 Å². The predicted octanol–water partition coefficient (Wildman–Crippen LogP) is 2.76. The normalized spacial score (nSPS) is 12.9. The molecular formula is C18H26N4O2. The Hall–Kier alpha value is -2.21. The van der Waals surface area contributed by atoms with Crippen molar-refractivity contribution >= 4 is 5.91 Å². The SMILES string of the molecule is CCN[C@H](C)CNC(=O)c1ccccc1-c1nc(C(C)(C)C)no1. The molecule has 6 heteroatoms. The first-order valence-corrected chi connectivity index (χ1v) is 8.28. The average Bonchev–Trinajstić information content (AvgIpc) is 3.03. The highest BCUT2D eigenvalue weighted by Crippen LogP contribution is 2.26. The van der Waals surface area contributed by atoms with Crippen LogP contribution in [0.1, 0.15) is 50.8 Å². The molecule has 0 aliphatic rings. The maximum Gasteiger partial charge on any atom is 0.258 e. The highest BCUT2D eigenvalue weighted by Gasteiger charge is 2.23. The van der Waals surface area contributed by atoms with E-state index >= 15 is 0 Å². The highest BCUT2D eigenvalue weighted by molar-refractivity contribution is 5.99. The molecule has 0 aliphatic carbocycles. The minimum atomic E-state index is -0.208. The second-order valence-corrected chi connectivity index (χ2v) is 6.89. The van der Waals surface area contributed by atoms with Crippen LogP contribution in [0.25, 0.3) is 11.5 Å². The third-order valence-electron chi connectivity index (χ3n) is 3.62. The zero-order valence-corrected chi connectivity index (χ0v) is 15.0. The monoisotopic (exact) mass is 330 g/mol. The first-order valence-electron chi connectivity index (χ1n) is 8.28. The van der Waals surface area contributed by atoms with E-state index in [1.165, 1.54) is 0 Å². The molecule has 1 amide bonds. The lowest BCUT2D eigenvalue weighted by molar-refractivity contribution is 0.0950. The number of amides is 1. The average molecular weight is 330 g/mol. The van der Waals surface area contributed by atoms with Crippen LogP contribution in [0, 0.1) is 0 Å². The Morgan fingerprint density at radius 2 is 2.00 bits per heavy atom. The molecule has 0 unspecified atom stereocenters. The molecule has 0 saturated heterocycles. The van der Waals surface area contributed by atoms with Crippen LogP contribution in [0.3, 0.4) is 0 Å². The van der Waals surface area contributed by atoms with Crippen LogP contribution in [-0.2, 0) is 5.41 Å². The molecule has 1 heterocycles. The van der Waals surface area contributed by atoms with Crippen LogP contribution in [0.15, 0.2) is 28.8 Å². The molecule has 0 bridgehead atoms. The Balaban J connectivity index is 2.21. The fourth-order valence-corrected chi connectivity index (χ4v) is 2.27. The van der Waals surface area contributed by atoms with Gasteiger partial charge in [0, 0.05) is 18.0 Å². The Morgan fingerprint density at radius 1 is 1.29 bits per heavy atom.